The van der Waals surface area contributed by atoms with E-state index in [1.165, 1.54) is 24.3 Å². The van der Waals surface area contributed by atoms with Crippen molar-refractivity contribution in [2.75, 3.05) is 26.2 Å². The molecule has 2 amide bonds. The number of halogens is 3. The van der Waals surface area contributed by atoms with Crippen LogP contribution in [0.3, 0.4) is 0 Å². The minimum atomic E-state index is -4.73. The number of nitrogens with one attached hydrogen (secondary N) is 1. The number of benzene rings is 2. The Balaban J connectivity index is 1.13. The van der Waals surface area contributed by atoms with Crippen LogP contribution in [0.15, 0.2) is 42.5 Å². The van der Waals surface area contributed by atoms with E-state index in [9.17, 15) is 22.8 Å². The molecule has 2 aromatic carbocycles. The van der Waals surface area contributed by atoms with E-state index in [-0.39, 0.29) is 29.9 Å². The maximum Gasteiger partial charge on any atom is 0.573 e. The summed E-state index contributed by atoms with van der Waals surface area (Å²) in [6, 6.07) is 10.9. The Bertz CT molecular complexity index is 1230. The molecule has 35 heavy (non-hydrogen) atoms. The second-order valence-electron chi connectivity index (χ2n) is 9.09. The van der Waals surface area contributed by atoms with Crippen LogP contribution in [-0.4, -0.2) is 69.6 Å². The molecule has 2 saturated heterocycles. The second kappa shape index (κ2) is 9.20. The monoisotopic (exact) mass is 487 g/mol. The number of rotatable bonds is 5. The minimum absolute atomic E-state index is 0.0142. The SMILES string of the molecule is O=C(CCc1ccc(OC(F)(F)F)cc1)N1CC[C@@H]2CN(C(=O)c3ccc4[nH]nnc4c3)C[C@H]2C1. The van der Waals surface area contributed by atoms with E-state index in [2.05, 4.69) is 20.1 Å². The molecule has 0 bridgehead atoms. The molecule has 3 aromatic rings. The van der Waals surface area contributed by atoms with Gasteiger partial charge in [0.2, 0.25) is 5.91 Å². The van der Waals surface area contributed by atoms with Gasteiger partial charge in [-0.2, -0.15) is 0 Å². The summed E-state index contributed by atoms with van der Waals surface area (Å²) in [5, 5.41) is 10.5. The molecule has 0 aliphatic carbocycles. The lowest BCUT2D eigenvalue weighted by Crippen LogP contribution is -2.43. The fraction of sp³-hybridized carbons (Fsp3) is 0.417. The van der Waals surface area contributed by atoms with Crippen molar-refractivity contribution in [2.45, 2.75) is 25.6 Å². The van der Waals surface area contributed by atoms with Gasteiger partial charge in [0.05, 0.1) is 5.52 Å². The van der Waals surface area contributed by atoms with Gasteiger partial charge < -0.3 is 14.5 Å². The number of H-pyrrole nitrogens is 1. The van der Waals surface area contributed by atoms with Crippen molar-refractivity contribution in [3.05, 3.63) is 53.6 Å². The van der Waals surface area contributed by atoms with Crippen molar-refractivity contribution in [1.82, 2.24) is 25.2 Å². The Morgan fingerprint density at radius 1 is 1.03 bits per heavy atom. The lowest BCUT2D eigenvalue weighted by atomic mass is 9.88. The van der Waals surface area contributed by atoms with Gasteiger partial charge in [0.25, 0.3) is 5.91 Å². The third-order valence-electron chi connectivity index (χ3n) is 6.80. The Hall–Kier alpha value is -3.63. The largest absolute Gasteiger partial charge is 0.573 e. The standard InChI is InChI=1S/C24H24F3N5O3/c25-24(26,27)35-19-5-1-15(2-6-19)3-8-22(33)31-10-9-17-12-32(14-18(17)13-31)23(34)16-4-7-20-21(11-16)29-30-28-20/h1-2,4-7,11,17-18H,3,8-10,12-14H2,(H,28,29,30)/t17-,18-/m1/s1. The number of hydrogen-bond acceptors (Lipinski definition) is 5. The molecule has 5 rings (SSSR count). The number of fused-ring (bicyclic) bond motifs is 2. The van der Waals surface area contributed by atoms with Crippen molar-refractivity contribution in [2.24, 2.45) is 11.8 Å². The highest BCUT2D eigenvalue weighted by atomic mass is 19.4. The maximum absolute atomic E-state index is 13.0. The highest BCUT2D eigenvalue weighted by molar-refractivity contribution is 5.97. The average molecular weight is 487 g/mol. The molecule has 184 valence electrons. The fourth-order valence-corrected chi connectivity index (χ4v) is 4.99. The molecule has 1 aromatic heterocycles. The van der Waals surface area contributed by atoms with Gasteiger partial charge in [-0.05, 0) is 60.6 Å². The Morgan fingerprint density at radius 2 is 1.77 bits per heavy atom. The molecule has 2 atom stereocenters. The quantitative estimate of drug-likeness (QED) is 0.596. The first-order chi connectivity index (χ1) is 16.7. The summed E-state index contributed by atoms with van der Waals surface area (Å²) in [5.41, 5.74) is 2.76. The normalized spacial score (nSPS) is 20.2. The van der Waals surface area contributed by atoms with Crippen LogP contribution in [0.2, 0.25) is 0 Å². The van der Waals surface area contributed by atoms with Gasteiger partial charge in [0.15, 0.2) is 0 Å². The number of piperidine rings is 1. The van der Waals surface area contributed by atoms with E-state index < -0.39 is 6.36 Å². The number of aryl methyl sites for hydroxylation is 1. The number of likely N-dealkylation sites (tertiary alicyclic amines) is 2. The van der Waals surface area contributed by atoms with Crippen LogP contribution >= 0.6 is 0 Å². The Labute approximate surface area is 199 Å². The van der Waals surface area contributed by atoms with E-state index >= 15 is 0 Å². The van der Waals surface area contributed by atoms with Crippen molar-refractivity contribution < 1.29 is 27.5 Å². The molecule has 0 spiro atoms. The highest BCUT2D eigenvalue weighted by Crippen LogP contribution is 2.32. The molecule has 3 heterocycles. The van der Waals surface area contributed by atoms with Gasteiger partial charge >= 0.3 is 6.36 Å². The zero-order valence-electron chi connectivity index (χ0n) is 18.8. The molecule has 2 aliphatic heterocycles. The van der Waals surface area contributed by atoms with Crippen molar-refractivity contribution in [1.29, 1.82) is 0 Å². The predicted molar refractivity (Wildman–Crippen MR) is 119 cm³/mol. The number of nitrogens with zero attached hydrogens (tertiary/aromatic N) is 4. The van der Waals surface area contributed by atoms with E-state index in [0.29, 0.717) is 49.6 Å². The highest BCUT2D eigenvalue weighted by Gasteiger charge is 2.40. The average Bonchev–Trinajstić information content (AvgIpc) is 3.47. The van der Waals surface area contributed by atoms with Gasteiger partial charge in [-0.15, -0.1) is 18.3 Å². The molecular weight excluding hydrogens is 463 g/mol. The number of aromatic amines is 1. The number of amides is 2. The molecule has 11 heteroatoms. The Kier molecular flexibility index (Phi) is 6.08. The van der Waals surface area contributed by atoms with Crippen LogP contribution in [0.4, 0.5) is 13.2 Å². The first kappa shape index (κ1) is 23.1. The first-order valence-electron chi connectivity index (χ1n) is 11.5. The van der Waals surface area contributed by atoms with Gasteiger partial charge in [-0.25, -0.2) is 0 Å². The van der Waals surface area contributed by atoms with Crippen molar-refractivity contribution in [3.63, 3.8) is 0 Å². The summed E-state index contributed by atoms with van der Waals surface area (Å²) in [5.74, 6) is 0.280. The molecule has 8 nitrogen and oxygen atoms in total. The lowest BCUT2D eigenvalue weighted by Gasteiger charge is -2.34. The van der Waals surface area contributed by atoms with E-state index in [4.69, 9.17) is 0 Å². The van der Waals surface area contributed by atoms with E-state index in [0.717, 1.165) is 17.5 Å². The van der Waals surface area contributed by atoms with E-state index in [1.54, 1.807) is 18.2 Å². The number of hydrogen-bond donors (Lipinski definition) is 1. The molecule has 2 aliphatic rings. The molecule has 0 unspecified atom stereocenters. The summed E-state index contributed by atoms with van der Waals surface area (Å²) in [7, 11) is 0. The summed E-state index contributed by atoms with van der Waals surface area (Å²) in [6.45, 7) is 2.53. The summed E-state index contributed by atoms with van der Waals surface area (Å²) in [6.07, 6.45) is -3.18. The number of ether oxygens (including phenoxy) is 1. The molecule has 1 N–H and O–H groups in total. The van der Waals surface area contributed by atoms with Crippen LogP contribution in [0, 0.1) is 11.8 Å². The molecule has 0 saturated carbocycles. The van der Waals surface area contributed by atoms with Crippen LogP contribution in [0.1, 0.15) is 28.8 Å². The number of aromatic nitrogens is 3. The van der Waals surface area contributed by atoms with Crippen LogP contribution in [0.5, 0.6) is 5.75 Å². The van der Waals surface area contributed by atoms with Gasteiger partial charge in [0.1, 0.15) is 11.3 Å². The number of carbonyl (C=O) groups is 2. The van der Waals surface area contributed by atoms with Crippen LogP contribution in [0.25, 0.3) is 11.0 Å². The predicted octanol–water partition coefficient (Wildman–Crippen LogP) is 3.41. The minimum Gasteiger partial charge on any atom is -0.406 e. The van der Waals surface area contributed by atoms with Crippen molar-refractivity contribution >= 4 is 22.8 Å². The topological polar surface area (TPSA) is 91.4 Å². The van der Waals surface area contributed by atoms with Gasteiger partial charge in [-0.3, -0.25) is 14.7 Å². The number of alkyl halides is 3. The third-order valence-corrected chi connectivity index (χ3v) is 6.80. The second-order valence-corrected chi connectivity index (χ2v) is 9.09. The van der Waals surface area contributed by atoms with Crippen LogP contribution < -0.4 is 4.74 Å². The lowest BCUT2D eigenvalue weighted by molar-refractivity contribution is -0.274. The molecular formula is C24H24F3N5O3. The zero-order valence-corrected chi connectivity index (χ0v) is 18.8. The first-order valence-corrected chi connectivity index (χ1v) is 11.5. The third kappa shape index (κ3) is 5.23. The molecule has 0 radical (unpaired) electrons. The number of carbonyl (C=O) groups excluding carboxylic acids is 2. The fourth-order valence-electron chi connectivity index (χ4n) is 4.99. The maximum atomic E-state index is 13.0. The van der Waals surface area contributed by atoms with Crippen LogP contribution in [-0.2, 0) is 11.2 Å². The summed E-state index contributed by atoms with van der Waals surface area (Å²) in [4.78, 5) is 29.6. The van der Waals surface area contributed by atoms with Crippen molar-refractivity contribution in [3.8, 4) is 5.75 Å². The van der Waals surface area contributed by atoms with Gasteiger partial charge in [0, 0.05) is 38.2 Å². The smallest absolute Gasteiger partial charge is 0.406 e. The Morgan fingerprint density at radius 3 is 2.54 bits per heavy atom. The molecule has 2 fully saturated rings. The van der Waals surface area contributed by atoms with Gasteiger partial charge in [-0.1, -0.05) is 17.3 Å². The summed E-state index contributed by atoms with van der Waals surface area (Å²) < 4.78 is 40.8. The van der Waals surface area contributed by atoms with E-state index in [1.807, 2.05) is 9.80 Å². The summed E-state index contributed by atoms with van der Waals surface area (Å²) >= 11 is 0. The zero-order chi connectivity index (χ0) is 24.6.